The first-order valence-electron chi connectivity index (χ1n) is 14.4. The number of rotatable bonds is 23. The molecular formula is C28H59NO7. The summed E-state index contributed by atoms with van der Waals surface area (Å²) in [5.41, 5.74) is 0. The number of aliphatic hydroxyl groups is 5. The van der Waals surface area contributed by atoms with E-state index >= 15 is 0 Å². The number of unbranched alkanes of at least 4 members (excludes halogenated alkanes) is 14. The zero-order valence-electron chi connectivity index (χ0n) is 23.7. The highest BCUT2D eigenvalue weighted by Gasteiger charge is 2.30. The first kappa shape index (κ1) is 37.4. The van der Waals surface area contributed by atoms with Crippen LogP contribution in [-0.4, -0.2) is 94.2 Å². The van der Waals surface area contributed by atoms with Crippen LogP contribution in [0.4, 0.5) is 0 Å². The number of aliphatic hydroxyl groups excluding tert-OH is 5. The molecule has 0 bridgehead atoms. The Morgan fingerprint density at radius 1 is 0.639 bits per heavy atom. The van der Waals surface area contributed by atoms with Gasteiger partial charge < -0.3 is 39.9 Å². The van der Waals surface area contributed by atoms with E-state index in [4.69, 9.17) is 25.5 Å². The molecule has 0 aromatic carbocycles. The van der Waals surface area contributed by atoms with Gasteiger partial charge in [0.05, 0.1) is 39.8 Å². The van der Waals surface area contributed by atoms with E-state index in [1.54, 1.807) is 0 Å². The maximum absolute atomic E-state index is 9.98. The van der Waals surface area contributed by atoms with E-state index in [0.29, 0.717) is 0 Å². The quantitative estimate of drug-likeness (QED) is 0.103. The molecule has 0 amide bonds. The number of carbonyl (C=O) groups excluding carboxylic acids is 1. The summed E-state index contributed by atoms with van der Waals surface area (Å²) in [6, 6.07) is 0. The number of hydrogen-bond acceptors (Lipinski definition) is 7. The molecule has 0 aliphatic heterocycles. The summed E-state index contributed by atoms with van der Waals surface area (Å²) in [4.78, 5) is 9.98. The average molecular weight is 522 g/mol. The number of carbonyl (C=O) groups is 1. The lowest BCUT2D eigenvalue weighted by Gasteiger charge is -2.30. The minimum atomic E-state index is -2.31. The molecule has 36 heavy (non-hydrogen) atoms. The maximum Gasteiger partial charge on any atom is 0.122 e. The lowest BCUT2D eigenvalue weighted by atomic mass is 10.0. The maximum atomic E-state index is 9.98. The van der Waals surface area contributed by atoms with Gasteiger partial charge >= 0.3 is 0 Å². The summed E-state index contributed by atoms with van der Waals surface area (Å²) in [6.07, 6.45) is 15.0. The van der Waals surface area contributed by atoms with Crippen LogP contribution in [0, 0.1) is 0 Å². The third kappa shape index (κ3) is 22.4. The lowest BCUT2D eigenvalue weighted by Crippen LogP contribution is -2.52. The van der Waals surface area contributed by atoms with Crippen LogP contribution in [0.25, 0.3) is 0 Å². The van der Waals surface area contributed by atoms with Crippen molar-refractivity contribution in [2.45, 2.75) is 141 Å². The van der Waals surface area contributed by atoms with Gasteiger partial charge in [-0.15, -0.1) is 0 Å². The summed E-state index contributed by atoms with van der Waals surface area (Å²) < 4.78 is 1.24. The van der Waals surface area contributed by atoms with Crippen molar-refractivity contribution in [1.82, 2.24) is 0 Å². The fourth-order valence-corrected chi connectivity index (χ4v) is 4.12. The van der Waals surface area contributed by atoms with E-state index in [-0.39, 0.29) is 0 Å². The Labute approximate surface area is 220 Å². The van der Waals surface area contributed by atoms with Gasteiger partial charge in [0.1, 0.15) is 24.4 Å². The summed E-state index contributed by atoms with van der Waals surface area (Å²) in [7, 11) is 4.87. The van der Waals surface area contributed by atoms with Crippen LogP contribution in [0.2, 0.25) is 0 Å². The molecule has 8 heteroatoms. The monoisotopic (exact) mass is 521 g/mol. The lowest BCUT2D eigenvalue weighted by molar-refractivity contribution is -0.890. The van der Waals surface area contributed by atoms with Crippen molar-refractivity contribution in [3.8, 4) is 0 Å². The van der Waals surface area contributed by atoms with Crippen molar-refractivity contribution >= 4 is 5.97 Å². The number of carboxylic acids is 1. The SMILES string of the molecule is CCCCCCCCCC[N+](C)(C)CCCCCCCCCC.O=C([O-])[C@H](O)[C@@H](O)[C@H](O)[C@H](O)CO. The molecule has 0 aliphatic carbocycles. The Bertz CT molecular complexity index is 469. The Balaban J connectivity index is 0. The molecule has 8 nitrogen and oxygen atoms in total. The van der Waals surface area contributed by atoms with Crippen LogP contribution >= 0.6 is 0 Å². The Hall–Kier alpha value is -0.770. The minimum Gasteiger partial charge on any atom is -0.547 e. The third-order valence-electron chi connectivity index (χ3n) is 6.73. The standard InChI is InChI=1S/C22H48N.C6H12O7/c1-5-7-9-11-13-15-17-19-21-23(3,4)22-20-18-16-14-12-10-8-6-2;7-1-2(8)3(9)4(10)5(11)6(12)13/h5-22H2,1-4H3;2-5,7-11H,1H2,(H,12,13)/q+1;/p-1/t;2-,3-,4+,5-/m.1/s1. The molecule has 0 aromatic heterocycles. The van der Waals surface area contributed by atoms with E-state index in [9.17, 15) is 9.90 Å². The van der Waals surface area contributed by atoms with Gasteiger partial charge in [0.15, 0.2) is 0 Å². The normalized spacial score (nSPS) is 15.0. The molecule has 0 aromatic rings. The van der Waals surface area contributed by atoms with Gasteiger partial charge in [-0.1, -0.05) is 90.9 Å². The summed E-state index contributed by atoms with van der Waals surface area (Å²) in [6.45, 7) is 6.49. The van der Waals surface area contributed by atoms with Gasteiger partial charge in [0, 0.05) is 0 Å². The van der Waals surface area contributed by atoms with Crippen LogP contribution in [0.15, 0.2) is 0 Å². The number of nitrogens with zero attached hydrogens (tertiary/aromatic N) is 1. The highest BCUT2D eigenvalue weighted by atomic mass is 16.4. The largest absolute Gasteiger partial charge is 0.547 e. The third-order valence-corrected chi connectivity index (χ3v) is 6.73. The highest BCUT2D eigenvalue weighted by Crippen LogP contribution is 2.13. The van der Waals surface area contributed by atoms with Crippen molar-refractivity contribution in [3.05, 3.63) is 0 Å². The predicted molar refractivity (Wildman–Crippen MR) is 143 cm³/mol. The second-order valence-electron chi connectivity index (χ2n) is 10.8. The van der Waals surface area contributed by atoms with Gasteiger partial charge in [-0.05, 0) is 25.7 Å². The number of aliphatic carboxylic acids is 1. The number of quaternary nitrogens is 1. The van der Waals surface area contributed by atoms with Crippen molar-refractivity contribution < 1.29 is 39.9 Å². The fourth-order valence-electron chi connectivity index (χ4n) is 4.12. The van der Waals surface area contributed by atoms with Crippen molar-refractivity contribution in [1.29, 1.82) is 0 Å². The summed E-state index contributed by atoms with van der Waals surface area (Å²) >= 11 is 0. The first-order chi connectivity index (χ1) is 17.0. The minimum absolute atomic E-state index is 0.863. The van der Waals surface area contributed by atoms with E-state index in [1.807, 2.05) is 0 Å². The molecule has 4 atom stereocenters. The van der Waals surface area contributed by atoms with Gasteiger partial charge in [-0.3, -0.25) is 0 Å². The van der Waals surface area contributed by atoms with Gasteiger partial charge in [-0.25, -0.2) is 0 Å². The smallest absolute Gasteiger partial charge is 0.122 e. The average Bonchev–Trinajstić information content (AvgIpc) is 2.85. The number of carboxylic acid groups (broad SMARTS) is 1. The zero-order valence-corrected chi connectivity index (χ0v) is 23.7. The molecule has 0 fully saturated rings. The van der Waals surface area contributed by atoms with E-state index < -0.39 is 37.0 Å². The van der Waals surface area contributed by atoms with Crippen LogP contribution in [0.3, 0.4) is 0 Å². The van der Waals surface area contributed by atoms with Crippen LogP contribution < -0.4 is 5.11 Å². The van der Waals surface area contributed by atoms with Crippen LogP contribution in [-0.2, 0) is 4.79 Å². The van der Waals surface area contributed by atoms with E-state index in [0.717, 1.165) is 0 Å². The summed E-state index contributed by atoms with van der Waals surface area (Å²) in [5, 5.41) is 53.4. The molecule has 0 radical (unpaired) electrons. The van der Waals surface area contributed by atoms with Crippen LogP contribution in [0.5, 0.6) is 0 Å². The van der Waals surface area contributed by atoms with Crippen molar-refractivity contribution in [2.75, 3.05) is 33.8 Å². The molecule has 218 valence electrons. The second-order valence-corrected chi connectivity index (χ2v) is 10.8. The molecule has 0 aliphatic rings. The molecule has 0 unspecified atom stereocenters. The Morgan fingerprint density at radius 3 is 1.28 bits per heavy atom. The van der Waals surface area contributed by atoms with E-state index in [2.05, 4.69) is 27.9 Å². The van der Waals surface area contributed by atoms with E-state index in [1.165, 1.54) is 120 Å². The molecule has 0 spiro atoms. The molecule has 0 rings (SSSR count). The molecule has 5 N–H and O–H groups in total. The van der Waals surface area contributed by atoms with Gasteiger partial charge in [-0.2, -0.15) is 0 Å². The first-order valence-corrected chi connectivity index (χ1v) is 14.4. The van der Waals surface area contributed by atoms with Crippen molar-refractivity contribution in [2.24, 2.45) is 0 Å². The topological polar surface area (TPSA) is 141 Å². The van der Waals surface area contributed by atoms with Gasteiger partial charge in [0.25, 0.3) is 0 Å². The number of hydrogen-bond donors (Lipinski definition) is 5. The molecular weight excluding hydrogens is 462 g/mol. The second kappa shape index (κ2) is 24.6. The zero-order chi connectivity index (χ0) is 27.8. The molecule has 0 heterocycles. The molecule has 0 saturated heterocycles. The van der Waals surface area contributed by atoms with Gasteiger partial charge in [0.2, 0.25) is 0 Å². The molecule has 0 saturated carbocycles. The highest BCUT2D eigenvalue weighted by molar-refractivity contribution is 5.70. The van der Waals surface area contributed by atoms with Crippen molar-refractivity contribution in [3.63, 3.8) is 0 Å². The fraction of sp³-hybridized carbons (Fsp3) is 0.964. The summed E-state index contributed by atoms with van der Waals surface area (Å²) in [5.74, 6) is -1.98. The Morgan fingerprint density at radius 2 is 0.972 bits per heavy atom. The Kier molecular flexibility index (Phi) is 25.5. The van der Waals surface area contributed by atoms with Crippen LogP contribution in [0.1, 0.15) is 117 Å². The predicted octanol–water partition coefficient (Wildman–Crippen LogP) is 2.52.